The first kappa shape index (κ1) is 27.2. The highest BCUT2D eigenvalue weighted by Crippen LogP contribution is 2.34. The van der Waals surface area contributed by atoms with Crippen LogP contribution in [0.2, 0.25) is 0 Å². The molecule has 0 aromatic carbocycles. The first-order valence-corrected chi connectivity index (χ1v) is 11.1. The van der Waals surface area contributed by atoms with Gasteiger partial charge in [0.2, 0.25) is 11.8 Å². The van der Waals surface area contributed by atoms with Gasteiger partial charge in [-0.3, -0.25) is 19.2 Å². The van der Waals surface area contributed by atoms with Crippen LogP contribution >= 0.6 is 11.8 Å². The van der Waals surface area contributed by atoms with Crippen molar-refractivity contribution in [3.63, 3.8) is 0 Å². The first-order chi connectivity index (χ1) is 14.4. The standard InChI is InChI=1S/C20H34N2O8S/c1-19(2)12-29-20(3,4)30-16(19)17(25)22-8-7-14(23)21-9-10-31-13(18(26)28-6)11-15(24)27-5/h13,16H,7-12H2,1-6H3,(H,21,23)(H,22,25)/t13?,16-/m0/s1. The zero-order valence-electron chi connectivity index (χ0n) is 19.1. The highest BCUT2D eigenvalue weighted by molar-refractivity contribution is 8.00. The van der Waals surface area contributed by atoms with Crippen molar-refractivity contribution >= 4 is 35.5 Å². The zero-order valence-corrected chi connectivity index (χ0v) is 19.9. The van der Waals surface area contributed by atoms with Crippen molar-refractivity contribution in [1.82, 2.24) is 10.6 Å². The smallest absolute Gasteiger partial charge is 0.319 e. The molecule has 31 heavy (non-hydrogen) atoms. The number of rotatable bonds is 11. The molecule has 0 bridgehead atoms. The van der Waals surface area contributed by atoms with E-state index in [0.29, 0.717) is 18.9 Å². The van der Waals surface area contributed by atoms with E-state index in [1.807, 2.05) is 13.8 Å². The fourth-order valence-electron chi connectivity index (χ4n) is 2.77. The monoisotopic (exact) mass is 462 g/mol. The number of methoxy groups -OCH3 is 2. The van der Waals surface area contributed by atoms with Gasteiger partial charge >= 0.3 is 11.9 Å². The van der Waals surface area contributed by atoms with Gasteiger partial charge in [0.05, 0.1) is 27.2 Å². The first-order valence-electron chi connectivity index (χ1n) is 10.0. The van der Waals surface area contributed by atoms with Crippen LogP contribution in [0.25, 0.3) is 0 Å². The van der Waals surface area contributed by atoms with Gasteiger partial charge in [-0.15, -0.1) is 11.8 Å². The van der Waals surface area contributed by atoms with Crippen LogP contribution in [0, 0.1) is 5.41 Å². The summed E-state index contributed by atoms with van der Waals surface area (Å²) in [5.41, 5.74) is -0.487. The third-order valence-corrected chi connectivity index (χ3v) is 5.78. The molecule has 0 aromatic heterocycles. The highest BCUT2D eigenvalue weighted by atomic mass is 32.2. The van der Waals surface area contributed by atoms with Crippen LogP contribution in [0.3, 0.4) is 0 Å². The Bertz CT molecular complexity index is 653. The molecule has 1 unspecified atom stereocenters. The third kappa shape index (κ3) is 9.44. The highest BCUT2D eigenvalue weighted by Gasteiger charge is 2.45. The Morgan fingerprint density at radius 3 is 2.35 bits per heavy atom. The fraction of sp³-hybridized carbons (Fsp3) is 0.800. The van der Waals surface area contributed by atoms with Gasteiger partial charge in [-0.2, -0.15) is 0 Å². The second-order valence-electron chi connectivity index (χ2n) is 8.23. The van der Waals surface area contributed by atoms with E-state index in [0.717, 1.165) is 0 Å². The van der Waals surface area contributed by atoms with Crippen LogP contribution in [0.1, 0.15) is 40.5 Å². The molecule has 11 heteroatoms. The van der Waals surface area contributed by atoms with E-state index in [-0.39, 0.29) is 31.2 Å². The number of carbonyl (C=O) groups is 4. The van der Waals surface area contributed by atoms with Gasteiger partial charge < -0.3 is 29.6 Å². The number of thioether (sulfide) groups is 1. The minimum absolute atomic E-state index is 0.102. The maximum Gasteiger partial charge on any atom is 0.319 e. The zero-order chi connectivity index (χ0) is 23.7. The third-order valence-electron chi connectivity index (χ3n) is 4.58. The van der Waals surface area contributed by atoms with Crippen molar-refractivity contribution in [3.8, 4) is 0 Å². The summed E-state index contributed by atoms with van der Waals surface area (Å²) in [5, 5.41) is 4.76. The Labute approximate surface area is 187 Å². The number of amides is 2. The Hall–Kier alpha value is -1.85. The Kier molecular flexibility index (Phi) is 10.7. The Morgan fingerprint density at radius 1 is 1.06 bits per heavy atom. The van der Waals surface area contributed by atoms with E-state index >= 15 is 0 Å². The summed E-state index contributed by atoms with van der Waals surface area (Å²) < 4.78 is 20.6. The molecule has 1 heterocycles. The Morgan fingerprint density at radius 2 is 1.74 bits per heavy atom. The molecule has 1 rings (SSSR count). The second kappa shape index (κ2) is 12.3. The minimum Gasteiger partial charge on any atom is -0.469 e. The van der Waals surface area contributed by atoms with Gasteiger partial charge in [0.15, 0.2) is 5.79 Å². The van der Waals surface area contributed by atoms with Crippen molar-refractivity contribution in [2.75, 3.05) is 39.7 Å². The lowest BCUT2D eigenvalue weighted by Crippen LogP contribution is -2.56. The molecule has 0 aromatic rings. The second-order valence-corrected chi connectivity index (χ2v) is 9.54. The molecule has 1 aliphatic heterocycles. The maximum absolute atomic E-state index is 12.5. The van der Waals surface area contributed by atoms with Crippen molar-refractivity contribution in [1.29, 1.82) is 0 Å². The van der Waals surface area contributed by atoms with Crippen LogP contribution in [-0.4, -0.2) is 80.6 Å². The van der Waals surface area contributed by atoms with Gasteiger partial charge in [0.25, 0.3) is 0 Å². The molecule has 10 nitrogen and oxygen atoms in total. The SMILES string of the molecule is COC(=O)CC(SCCNC(=O)CCNC(=O)[C@@H]1OC(C)(C)OCC1(C)C)C(=O)OC. The van der Waals surface area contributed by atoms with Crippen LogP contribution in [0.4, 0.5) is 0 Å². The largest absolute Gasteiger partial charge is 0.469 e. The Balaban J connectivity index is 2.33. The average molecular weight is 463 g/mol. The number of esters is 2. The summed E-state index contributed by atoms with van der Waals surface area (Å²) in [6, 6.07) is 0. The van der Waals surface area contributed by atoms with E-state index in [1.54, 1.807) is 13.8 Å². The van der Waals surface area contributed by atoms with Crippen LogP contribution in [0.15, 0.2) is 0 Å². The minimum atomic E-state index is -0.845. The normalized spacial score (nSPS) is 20.3. The van der Waals surface area contributed by atoms with Gasteiger partial charge in [-0.25, -0.2) is 0 Å². The van der Waals surface area contributed by atoms with E-state index in [4.69, 9.17) is 9.47 Å². The lowest BCUT2D eigenvalue weighted by atomic mass is 9.85. The molecular weight excluding hydrogens is 428 g/mol. The summed E-state index contributed by atoms with van der Waals surface area (Å²) in [6.07, 6.45) is -0.679. The molecule has 2 N–H and O–H groups in total. The average Bonchev–Trinajstić information content (AvgIpc) is 2.71. The van der Waals surface area contributed by atoms with E-state index < -0.39 is 34.5 Å². The van der Waals surface area contributed by atoms with Crippen LogP contribution in [-0.2, 0) is 38.1 Å². The number of hydrogen-bond donors (Lipinski definition) is 2. The van der Waals surface area contributed by atoms with Gasteiger partial charge in [0.1, 0.15) is 11.4 Å². The van der Waals surface area contributed by atoms with Gasteiger partial charge in [-0.1, -0.05) is 13.8 Å². The fourth-order valence-corrected chi connectivity index (χ4v) is 3.76. The molecule has 0 spiro atoms. The molecule has 0 aliphatic carbocycles. The number of nitrogens with one attached hydrogen (secondary N) is 2. The van der Waals surface area contributed by atoms with E-state index in [9.17, 15) is 19.2 Å². The lowest BCUT2D eigenvalue weighted by molar-refractivity contribution is -0.304. The molecule has 1 saturated heterocycles. The summed E-state index contributed by atoms with van der Waals surface area (Å²) >= 11 is 1.20. The maximum atomic E-state index is 12.5. The van der Waals surface area contributed by atoms with Crippen molar-refractivity contribution < 1.29 is 38.1 Å². The molecule has 2 atom stereocenters. The number of hydrogen-bond acceptors (Lipinski definition) is 9. The van der Waals surface area contributed by atoms with E-state index in [1.165, 1.54) is 26.0 Å². The summed E-state index contributed by atoms with van der Waals surface area (Å²) in [4.78, 5) is 47.6. The van der Waals surface area contributed by atoms with Gasteiger partial charge in [0, 0.05) is 30.7 Å². The van der Waals surface area contributed by atoms with Crippen LogP contribution < -0.4 is 10.6 Å². The van der Waals surface area contributed by atoms with E-state index in [2.05, 4.69) is 20.1 Å². The molecule has 1 fully saturated rings. The molecule has 0 radical (unpaired) electrons. The topological polar surface area (TPSA) is 129 Å². The summed E-state index contributed by atoms with van der Waals surface area (Å²) in [7, 11) is 2.49. The van der Waals surface area contributed by atoms with Crippen LogP contribution in [0.5, 0.6) is 0 Å². The summed E-state index contributed by atoms with van der Waals surface area (Å²) in [6.45, 7) is 8.14. The predicted molar refractivity (Wildman–Crippen MR) is 114 cm³/mol. The summed E-state index contributed by atoms with van der Waals surface area (Å²) in [5.74, 6) is -1.99. The number of ether oxygens (including phenoxy) is 4. The molecular formula is C20H34N2O8S. The molecule has 1 aliphatic rings. The molecule has 178 valence electrons. The lowest BCUT2D eigenvalue weighted by Gasteiger charge is -2.44. The van der Waals surface area contributed by atoms with Crippen molar-refractivity contribution in [3.05, 3.63) is 0 Å². The van der Waals surface area contributed by atoms with Gasteiger partial charge in [-0.05, 0) is 13.8 Å². The number of carbonyl (C=O) groups excluding carboxylic acids is 4. The van der Waals surface area contributed by atoms with Crippen molar-refractivity contribution in [2.24, 2.45) is 5.41 Å². The predicted octanol–water partition coefficient (Wildman–Crippen LogP) is 0.625. The molecule has 2 amide bonds. The quantitative estimate of drug-likeness (QED) is 0.335. The van der Waals surface area contributed by atoms with Crippen molar-refractivity contribution in [2.45, 2.75) is 57.7 Å². The molecule has 0 saturated carbocycles.